The molecular weight excluding hydrogens is 1420 g/mol. The number of fused-ring (bicyclic) bond motifs is 3. The Bertz CT molecular complexity index is 3440. The number of nitrogens with zero attached hydrogens (tertiary/aromatic N) is 3. The number of carbonyl (C=O) groups excluding carboxylic acids is 14. The van der Waals surface area contributed by atoms with Crippen LogP contribution in [0.1, 0.15) is 150 Å². The Kier molecular flexibility index (Phi) is 34.3. The number of carbonyl (C=O) groups is 14. The van der Waals surface area contributed by atoms with Crippen molar-refractivity contribution in [2.45, 2.75) is 231 Å². The van der Waals surface area contributed by atoms with Crippen molar-refractivity contribution in [3.8, 4) is 11.5 Å². The van der Waals surface area contributed by atoms with Gasteiger partial charge in [0.15, 0.2) is 0 Å². The van der Waals surface area contributed by atoms with Crippen LogP contribution < -0.4 is 70.4 Å². The van der Waals surface area contributed by atoms with Crippen LogP contribution in [-0.4, -0.2) is 230 Å². The van der Waals surface area contributed by atoms with Gasteiger partial charge in [0.25, 0.3) is 0 Å². The number of nitrogens with one attached hydrogen (secondary N) is 10. The van der Waals surface area contributed by atoms with Gasteiger partial charge in [0, 0.05) is 50.9 Å². The summed E-state index contributed by atoms with van der Waals surface area (Å²) in [5.41, 5.74) is 18.8. The minimum absolute atomic E-state index is 0.0600. The van der Waals surface area contributed by atoms with Crippen molar-refractivity contribution < 1.29 is 77.3 Å². The molecule has 14 amide bonds. The highest BCUT2D eigenvalue weighted by molar-refractivity contribution is 8.76. The molecule has 0 radical (unpaired) electrons. The standard InChI is InChI=1S/C73H112N16O16S2/c1-10-42(8)60(61(76)93)86-67(99)51(33-40(4)5)80-62(94)48(25-27-74)78-68(100)55-37-106-107-38-56(77-43(9)90)72(104)89-31-13-16-59(89)73(105)88-30-12-15-58(88)70(102)83-53(36-45-19-23-47(92)24-20-45)66(98)84-54(34-41(6)7)71(103)87-29-11-14-57(87)69(101)79-49(26-28-75)63(95)82-52(35-44-17-21-46(91)22-18-44)65(97)81-50(32-39(2)3)64(96)85-55/h17-24,39-42,48-60,91-92H,10-16,25-38,74-75H2,1-9H3,(H2,76,93)(H,77,90)(H,78,100)(H,79,101)(H,80,94)(H,81,97)(H,82,95)(H,83,102)(H,84,98)(H,85,96)(H,86,99)/t42-,48+,49-,50-,51-,52-,53-,54-,55-,56-,57-,58-,59-,60-/m0/s1. The van der Waals surface area contributed by atoms with Gasteiger partial charge in [0.1, 0.15) is 90.0 Å². The number of rotatable bonds is 24. The van der Waals surface area contributed by atoms with E-state index < -0.39 is 161 Å². The lowest BCUT2D eigenvalue weighted by atomic mass is 9.97. The van der Waals surface area contributed by atoms with Crippen molar-refractivity contribution in [3.63, 3.8) is 0 Å². The Morgan fingerprint density at radius 1 is 0.523 bits per heavy atom. The van der Waals surface area contributed by atoms with Crippen molar-refractivity contribution in [3.05, 3.63) is 59.7 Å². The average molecular weight is 1530 g/mol. The fourth-order valence-electron chi connectivity index (χ4n) is 13.6. The first-order valence-corrected chi connectivity index (χ1v) is 39.6. The number of aromatic hydroxyl groups is 2. The smallest absolute Gasteiger partial charge is 0.246 e. The maximum absolute atomic E-state index is 15.1. The molecular formula is C73H112N16O16S2. The highest BCUT2D eigenvalue weighted by Crippen LogP contribution is 2.30. The minimum atomic E-state index is -1.57. The van der Waals surface area contributed by atoms with E-state index in [9.17, 15) is 67.7 Å². The monoisotopic (exact) mass is 1530 g/mol. The van der Waals surface area contributed by atoms with Crippen LogP contribution in [0.5, 0.6) is 11.5 Å². The Hall–Kier alpha value is -8.76. The van der Waals surface area contributed by atoms with Gasteiger partial charge >= 0.3 is 0 Å². The normalized spacial score (nSPS) is 24.9. The summed E-state index contributed by atoms with van der Waals surface area (Å²) in [5, 5.41) is 47.9. The van der Waals surface area contributed by atoms with E-state index in [-0.39, 0.29) is 144 Å². The number of nitrogens with two attached hydrogens (primary N) is 3. The third kappa shape index (κ3) is 26.0. The summed E-state index contributed by atoms with van der Waals surface area (Å²) in [7, 11) is 1.99. The zero-order valence-electron chi connectivity index (χ0n) is 62.8. The van der Waals surface area contributed by atoms with Gasteiger partial charge in [-0.25, -0.2) is 0 Å². The van der Waals surface area contributed by atoms with E-state index in [0.29, 0.717) is 36.8 Å². The predicted octanol–water partition coefficient (Wildman–Crippen LogP) is -0.514. The maximum atomic E-state index is 15.1. The summed E-state index contributed by atoms with van der Waals surface area (Å²) >= 11 is 0. The quantitative estimate of drug-likeness (QED) is 0.0588. The van der Waals surface area contributed by atoms with Crippen LogP contribution >= 0.6 is 21.6 Å². The molecule has 0 saturated carbocycles. The lowest BCUT2D eigenvalue weighted by Gasteiger charge is -2.33. The van der Waals surface area contributed by atoms with E-state index in [0.717, 1.165) is 21.6 Å². The zero-order chi connectivity index (χ0) is 78.9. The Balaban J connectivity index is 1.42. The Labute approximate surface area is 633 Å². The van der Waals surface area contributed by atoms with Crippen molar-refractivity contribution in [1.82, 2.24) is 67.9 Å². The maximum Gasteiger partial charge on any atom is 0.246 e. The van der Waals surface area contributed by atoms with Crippen molar-refractivity contribution >= 4 is 104 Å². The van der Waals surface area contributed by atoms with E-state index >= 15 is 9.59 Å². The third-order valence-corrected chi connectivity index (χ3v) is 21.8. The minimum Gasteiger partial charge on any atom is -0.508 e. The average Bonchev–Trinajstić information content (AvgIpc) is 1.72. The molecule has 32 nitrogen and oxygen atoms in total. The molecule has 0 aliphatic carbocycles. The molecule has 107 heavy (non-hydrogen) atoms. The number of amides is 14. The zero-order valence-corrected chi connectivity index (χ0v) is 64.4. The molecule has 18 N–H and O–H groups in total. The van der Waals surface area contributed by atoms with Gasteiger partial charge in [-0.05, 0) is 143 Å². The molecule has 4 saturated heterocycles. The predicted molar refractivity (Wildman–Crippen MR) is 402 cm³/mol. The summed E-state index contributed by atoms with van der Waals surface area (Å²) < 4.78 is 0. The van der Waals surface area contributed by atoms with Gasteiger partial charge in [-0.15, -0.1) is 0 Å². The molecule has 2 aromatic rings. The third-order valence-electron chi connectivity index (χ3n) is 19.4. The van der Waals surface area contributed by atoms with E-state index in [1.165, 1.54) is 58.0 Å². The molecule has 0 aromatic heterocycles. The van der Waals surface area contributed by atoms with Crippen LogP contribution in [0.15, 0.2) is 48.5 Å². The van der Waals surface area contributed by atoms with E-state index in [1.807, 2.05) is 34.6 Å². The van der Waals surface area contributed by atoms with Gasteiger partial charge in [-0.1, -0.05) is 108 Å². The second-order valence-electron chi connectivity index (χ2n) is 29.4. The van der Waals surface area contributed by atoms with Gasteiger partial charge in [-0.3, -0.25) is 67.1 Å². The molecule has 0 spiro atoms. The molecule has 6 rings (SSSR count). The molecule has 4 aliphatic rings. The van der Waals surface area contributed by atoms with Crippen LogP contribution in [0.25, 0.3) is 0 Å². The van der Waals surface area contributed by atoms with Gasteiger partial charge in [0.2, 0.25) is 82.7 Å². The largest absolute Gasteiger partial charge is 0.508 e. The second-order valence-corrected chi connectivity index (χ2v) is 32.0. The molecule has 2 aromatic carbocycles. The number of hydrogen-bond donors (Lipinski definition) is 15. The number of phenols is 2. The van der Waals surface area contributed by atoms with E-state index in [1.54, 1.807) is 32.9 Å². The highest BCUT2D eigenvalue weighted by Gasteiger charge is 2.46. The molecule has 4 heterocycles. The summed E-state index contributed by atoms with van der Waals surface area (Å²) in [5.74, 6) is -12.3. The Morgan fingerprint density at radius 2 is 0.972 bits per heavy atom. The SMILES string of the molecule is CC[C@H](C)[C@H](NC(=O)[C@H](CC(C)C)NC(=O)[C@@H](CCN)NC(=O)[C@@H]1CSSC[C@H](NC(C)=O)C(=O)N2CCC[C@H]2C(=O)N2CCC[C@H]2C(=O)N[C@@H](Cc2ccc(O)cc2)C(=O)N[C@@H](CC(C)C)C(=O)N2CCC[C@H]2C(=O)N[C@@H](CCN)C(=O)N[C@@H](Cc2ccc(O)cc2)C(=O)N[C@@H](CC(C)C)C(=O)N1)C(N)=O. The fraction of sp³-hybridized carbons (Fsp3) is 0.644. The number of hydrogen-bond acceptors (Lipinski definition) is 20. The number of primary amides is 1. The first-order chi connectivity index (χ1) is 50.7. The van der Waals surface area contributed by atoms with Gasteiger partial charge < -0.3 is 95.3 Å². The van der Waals surface area contributed by atoms with Crippen LogP contribution in [0.2, 0.25) is 0 Å². The van der Waals surface area contributed by atoms with E-state index in [2.05, 4.69) is 53.2 Å². The van der Waals surface area contributed by atoms with Crippen LogP contribution in [-0.2, 0) is 80.0 Å². The summed E-state index contributed by atoms with van der Waals surface area (Å²) in [6.45, 7) is 15.5. The fourth-order valence-corrected chi connectivity index (χ4v) is 15.9. The highest BCUT2D eigenvalue weighted by atomic mass is 33.1. The number of phenolic OH excluding ortho intramolecular Hbond substituents is 2. The Morgan fingerprint density at radius 3 is 1.47 bits per heavy atom. The van der Waals surface area contributed by atoms with Gasteiger partial charge in [0.05, 0.1) is 0 Å². The van der Waals surface area contributed by atoms with Crippen molar-refractivity contribution in [2.75, 3.05) is 44.2 Å². The lowest BCUT2D eigenvalue weighted by molar-refractivity contribution is -0.147. The van der Waals surface area contributed by atoms with Gasteiger partial charge in [-0.2, -0.15) is 0 Å². The van der Waals surface area contributed by atoms with Crippen LogP contribution in [0, 0.1) is 23.7 Å². The molecule has 0 bridgehead atoms. The van der Waals surface area contributed by atoms with Crippen LogP contribution in [0.3, 0.4) is 0 Å². The lowest BCUT2D eigenvalue weighted by Crippen LogP contribution is -2.61. The van der Waals surface area contributed by atoms with Crippen molar-refractivity contribution in [2.24, 2.45) is 40.9 Å². The molecule has 0 unspecified atom stereocenters. The topological polar surface area (TPSA) is 488 Å². The molecule has 14 atom stereocenters. The van der Waals surface area contributed by atoms with Crippen molar-refractivity contribution in [1.29, 1.82) is 0 Å². The molecule has 592 valence electrons. The summed E-state index contributed by atoms with van der Waals surface area (Å²) in [6, 6.07) is -5.32. The van der Waals surface area contributed by atoms with E-state index in [4.69, 9.17) is 17.2 Å². The summed E-state index contributed by atoms with van der Waals surface area (Å²) in [4.78, 5) is 207. The molecule has 4 aliphatic heterocycles. The first-order valence-electron chi connectivity index (χ1n) is 37.2. The molecule has 4 fully saturated rings. The van der Waals surface area contributed by atoms with Crippen LogP contribution in [0.4, 0.5) is 0 Å². The summed E-state index contributed by atoms with van der Waals surface area (Å²) in [6.07, 6.45) is 1.46. The second kappa shape index (κ2) is 42.1. The molecule has 34 heteroatoms. The number of benzene rings is 2. The first kappa shape index (κ1) is 87.2.